The average molecular weight is 512 g/mol. The van der Waals surface area contributed by atoms with Gasteiger partial charge in [0.2, 0.25) is 11.8 Å². The molecular weight excluding hydrogens is 482 g/mol. The zero-order chi connectivity index (χ0) is 25.9. The topological polar surface area (TPSA) is 117 Å². The quantitative estimate of drug-likeness (QED) is 0.281. The van der Waals surface area contributed by atoms with E-state index in [1.54, 1.807) is 56.2 Å². The number of methoxy groups -OCH3 is 2. The van der Waals surface area contributed by atoms with E-state index in [9.17, 15) is 9.59 Å². The number of carbonyl (C=O) groups excluding carboxylic acids is 2. The third-order valence-electron chi connectivity index (χ3n) is 4.97. The van der Waals surface area contributed by atoms with Crippen LogP contribution in [0.15, 0.2) is 53.7 Å². The maximum atomic E-state index is 12.4. The summed E-state index contributed by atoms with van der Waals surface area (Å²) < 4.78 is 17.8. The van der Waals surface area contributed by atoms with Gasteiger partial charge in [0.15, 0.2) is 22.5 Å². The molecule has 2 aromatic carbocycles. The van der Waals surface area contributed by atoms with Gasteiger partial charge in [-0.1, -0.05) is 30.0 Å². The highest BCUT2D eigenvalue weighted by atomic mass is 32.2. The van der Waals surface area contributed by atoms with Gasteiger partial charge in [-0.05, 0) is 42.8 Å². The number of benzene rings is 2. The van der Waals surface area contributed by atoms with Gasteiger partial charge in [-0.25, -0.2) is 0 Å². The first kappa shape index (κ1) is 26.6. The average Bonchev–Trinajstić information content (AvgIpc) is 3.25. The number of ether oxygens (including phenoxy) is 3. The number of nitrogens with zero attached hydrogens (tertiary/aromatic N) is 3. The standard InChI is InChI=1S/C25H29N5O5S/c1-5-35-19-9-7-6-8-18(19)27-24(32)16-36-25-29-28-22(30(25)2)15-26-23(31)13-11-17-10-12-20(33-3)21(14-17)34-4/h6-14H,5,15-16H2,1-4H3,(H,26,31)(H,27,32). The number of nitrogens with one attached hydrogen (secondary N) is 2. The molecule has 0 aliphatic rings. The van der Waals surface area contributed by atoms with Crippen LogP contribution in [0.25, 0.3) is 6.08 Å². The smallest absolute Gasteiger partial charge is 0.244 e. The van der Waals surface area contributed by atoms with Gasteiger partial charge < -0.3 is 29.4 Å². The van der Waals surface area contributed by atoms with Gasteiger partial charge in [0, 0.05) is 13.1 Å². The Morgan fingerprint density at radius 1 is 1.06 bits per heavy atom. The molecule has 0 atom stereocenters. The van der Waals surface area contributed by atoms with Gasteiger partial charge in [-0.2, -0.15) is 0 Å². The van der Waals surface area contributed by atoms with Crippen molar-refractivity contribution >= 4 is 35.3 Å². The van der Waals surface area contributed by atoms with Gasteiger partial charge in [0.1, 0.15) is 5.75 Å². The van der Waals surface area contributed by atoms with Crippen LogP contribution >= 0.6 is 11.8 Å². The molecule has 2 amide bonds. The molecule has 0 aliphatic carbocycles. The molecule has 0 saturated carbocycles. The highest BCUT2D eigenvalue weighted by Crippen LogP contribution is 2.28. The van der Waals surface area contributed by atoms with E-state index >= 15 is 0 Å². The number of hydrogen-bond donors (Lipinski definition) is 2. The molecular formula is C25H29N5O5S. The molecule has 3 aromatic rings. The van der Waals surface area contributed by atoms with Crippen molar-refractivity contribution in [2.75, 3.05) is 31.9 Å². The number of amides is 2. The second-order valence-corrected chi connectivity index (χ2v) is 8.33. The Hall–Kier alpha value is -3.99. The summed E-state index contributed by atoms with van der Waals surface area (Å²) >= 11 is 1.25. The van der Waals surface area contributed by atoms with Gasteiger partial charge >= 0.3 is 0 Å². The molecule has 3 rings (SSSR count). The first-order valence-electron chi connectivity index (χ1n) is 11.2. The maximum absolute atomic E-state index is 12.4. The minimum absolute atomic E-state index is 0.146. The lowest BCUT2D eigenvalue weighted by atomic mass is 10.2. The van der Waals surface area contributed by atoms with E-state index in [-0.39, 0.29) is 24.1 Å². The van der Waals surface area contributed by atoms with Gasteiger partial charge in [-0.3, -0.25) is 9.59 Å². The molecule has 36 heavy (non-hydrogen) atoms. The molecule has 0 radical (unpaired) electrons. The molecule has 1 aromatic heterocycles. The third-order valence-corrected chi connectivity index (χ3v) is 5.99. The molecule has 0 fully saturated rings. The number of aromatic nitrogens is 3. The Morgan fingerprint density at radius 2 is 1.83 bits per heavy atom. The molecule has 0 aliphatic heterocycles. The zero-order valence-electron chi connectivity index (χ0n) is 20.6. The van der Waals surface area contributed by atoms with Gasteiger partial charge in [0.05, 0.1) is 38.8 Å². The number of anilines is 1. The summed E-state index contributed by atoms with van der Waals surface area (Å²) in [6.07, 6.45) is 3.11. The Kier molecular flexibility index (Phi) is 9.75. The summed E-state index contributed by atoms with van der Waals surface area (Å²) in [5.41, 5.74) is 1.41. The van der Waals surface area contributed by atoms with Crippen LogP contribution in [-0.2, 0) is 23.2 Å². The molecule has 0 spiro atoms. The summed E-state index contributed by atoms with van der Waals surface area (Å²) in [7, 11) is 4.90. The molecule has 0 bridgehead atoms. The van der Waals surface area contributed by atoms with Crippen molar-refractivity contribution < 1.29 is 23.8 Å². The van der Waals surface area contributed by atoms with Crippen LogP contribution in [0.1, 0.15) is 18.3 Å². The van der Waals surface area contributed by atoms with Crippen molar-refractivity contribution in [3.05, 3.63) is 59.9 Å². The summed E-state index contributed by atoms with van der Waals surface area (Å²) in [5.74, 6) is 2.05. The monoisotopic (exact) mass is 511 g/mol. The van der Waals surface area contributed by atoms with Gasteiger partial charge in [-0.15, -0.1) is 10.2 Å². The van der Waals surface area contributed by atoms with Crippen molar-refractivity contribution in [3.8, 4) is 17.2 Å². The number of thioether (sulfide) groups is 1. The summed E-state index contributed by atoms with van der Waals surface area (Å²) in [6.45, 7) is 2.58. The van der Waals surface area contributed by atoms with E-state index in [2.05, 4.69) is 20.8 Å². The van der Waals surface area contributed by atoms with E-state index < -0.39 is 0 Å². The van der Waals surface area contributed by atoms with Crippen molar-refractivity contribution in [1.82, 2.24) is 20.1 Å². The fourth-order valence-corrected chi connectivity index (χ4v) is 3.88. The summed E-state index contributed by atoms with van der Waals surface area (Å²) in [6, 6.07) is 12.6. The molecule has 190 valence electrons. The number of para-hydroxylation sites is 2. The van der Waals surface area contributed by atoms with Crippen LogP contribution in [-0.4, -0.2) is 53.2 Å². The van der Waals surface area contributed by atoms with Crippen molar-refractivity contribution in [2.24, 2.45) is 7.05 Å². The fourth-order valence-electron chi connectivity index (χ4n) is 3.15. The number of rotatable bonds is 12. The van der Waals surface area contributed by atoms with Crippen LogP contribution in [0.5, 0.6) is 17.2 Å². The predicted octanol–water partition coefficient (Wildman–Crippen LogP) is 3.29. The van der Waals surface area contributed by atoms with Crippen LogP contribution in [0.3, 0.4) is 0 Å². The second-order valence-electron chi connectivity index (χ2n) is 7.39. The van der Waals surface area contributed by atoms with Gasteiger partial charge in [0.25, 0.3) is 0 Å². The highest BCUT2D eigenvalue weighted by Gasteiger charge is 2.13. The molecule has 2 N–H and O–H groups in total. The Morgan fingerprint density at radius 3 is 2.58 bits per heavy atom. The first-order chi connectivity index (χ1) is 17.4. The SMILES string of the molecule is CCOc1ccccc1NC(=O)CSc1nnc(CNC(=O)C=Cc2ccc(OC)c(OC)c2)n1C. The van der Waals surface area contributed by atoms with E-state index in [0.29, 0.717) is 40.5 Å². The Bertz CT molecular complexity index is 1230. The summed E-state index contributed by atoms with van der Waals surface area (Å²) in [5, 5.41) is 14.4. The lowest BCUT2D eigenvalue weighted by molar-refractivity contribution is -0.116. The largest absolute Gasteiger partial charge is 0.493 e. The fraction of sp³-hybridized carbons (Fsp3) is 0.280. The molecule has 10 nitrogen and oxygen atoms in total. The molecule has 1 heterocycles. The van der Waals surface area contributed by atoms with Crippen LogP contribution < -0.4 is 24.8 Å². The van der Waals surface area contributed by atoms with Crippen molar-refractivity contribution in [3.63, 3.8) is 0 Å². The second kappa shape index (κ2) is 13.2. The minimum atomic E-state index is -0.283. The summed E-state index contributed by atoms with van der Waals surface area (Å²) in [4.78, 5) is 24.7. The van der Waals surface area contributed by atoms with E-state index in [1.165, 1.54) is 17.8 Å². The Labute approximate surface area is 214 Å². The van der Waals surface area contributed by atoms with Crippen molar-refractivity contribution in [1.29, 1.82) is 0 Å². The molecule has 0 saturated heterocycles. The minimum Gasteiger partial charge on any atom is -0.493 e. The molecule has 11 heteroatoms. The van der Waals surface area contributed by atoms with E-state index in [0.717, 1.165) is 5.56 Å². The Balaban J connectivity index is 1.50. The van der Waals surface area contributed by atoms with Crippen LogP contribution in [0.4, 0.5) is 5.69 Å². The normalized spacial score (nSPS) is 10.8. The van der Waals surface area contributed by atoms with Crippen LogP contribution in [0.2, 0.25) is 0 Å². The lowest BCUT2D eigenvalue weighted by Crippen LogP contribution is -2.22. The van der Waals surface area contributed by atoms with E-state index in [1.807, 2.05) is 25.1 Å². The van der Waals surface area contributed by atoms with Crippen LogP contribution in [0, 0.1) is 0 Å². The number of hydrogen-bond acceptors (Lipinski definition) is 8. The van der Waals surface area contributed by atoms with E-state index in [4.69, 9.17) is 14.2 Å². The zero-order valence-corrected chi connectivity index (χ0v) is 21.4. The lowest BCUT2D eigenvalue weighted by Gasteiger charge is -2.11. The van der Waals surface area contributed by atoms with Crippen molar-refractivity contribution in [2.45, 2.75) is 18.6 Å². The highest BCUT2D eigenvalue weighted by molar-refractivity contribution is 7.99. The predicted molar refractivity (Wildman–Crippen MR) is 138 cm³/mol. The number of carbonyl (C=O) groups is 2. The first-order valence-corrected chi connectivity index (χ1v) is 12.1. The molecule has 0 unspecified atom stereocenters. The third kappa shape index (κ3) is 7.25. The maximum Gasteiger partial charge on any atom is 0.244 e.